The van der Waals surface area contributed by atoms with Gasteiger partial charge in [-0.25, -0.2) is 0 Å². The van der Waals surface area contributed by atoms with E-state index in [1.807, 2.05) is 0 Å². The van der Waals surface area contributed by atoms with Crippen LogP contribution in [-0.4, -0.2) is 129 Å². The molecule has 2 saturated heterocycles. The second-order valence-corrected chi connectivity index (χ2v) is 11.0. The number of hydrogen-bond donors (Lipinski definition) is 0. The molecule has 0 radical (unpaired) electrons. The summed E-state index contributed by atoms with van der Waals surface area (Å²) >= 11 is 5.78. The summed E-state index contributed by atoms with van der Waals surface area (Å²) in [6, 6.07) is 0. The minimum absolute atomic E-state index is 0.0181. The maximum atomic E-state index is 12.4. The van der Waals surface area contributed by atoms with E-state index < -0.39 is 116 Å². The van der Waals surface area contributed by atoms with Gasteiger partial charge in [0.1, 0.15) is 31.5 Å². The van der Waals surface area contributed by atoms with Gasteiger partial charge in [0.25, 0.3) is 0 Å². The summed E-state index contributed by atoms with van der Waals surface area (Å²) in [6.07, 6.45) is -14.9. The van der Waals surface area contributed by atoms with Crippen LogP contribution in [0.15, 0.2) is 0 Å². The van der Waals surface area contributed by atoms with Gasteiger partial charge in [0.05, 0.1) is 6.61 Å². The van der Waals surface area contributed by atoms with E-state index >= 15 is 0 Å². The van der Waals surface area contributed by atoms with Crippen molar-refractivity contribution in [1.82, 2.24) is 0 Å². The predicted octanol–water partition coefficient (Wildman–Crippen LogP) is 0.252. The first-order valence-electron chi connectivity index (χ1n) is 14.8. The molecule has 2 fully saturated rings. The molecule has 48 heavy (non-hydrogen) atoms. The van der Waals surface area contributed by atoms with E-state index in [1.165, 1.54) is 0 Å². The van der Waals surface area contributed by atoms with Crippen molar-refractivity contribution < 1.29 is 85.7 Å². The number of ether oxygens (including phenoxy) is 11. The lowest BCUT2D eigenvalue weighted by Gasteiger charge is -2.48. The average molecular weight is 713 g/mol. The molecular weight excluding hydrogens is 672 g/mol. The first-order chi connectivity index (χ1) is 22.5. The largest absolute Gasteiger partial charge is 0.463 e. The van der Waals surface area contributed by atoms with Crippen molar-refractivity contribution in [2.24, 2.45) is 0 Å². The minimum atomic E-state index is -1.77. The standard InChI is InChI=1S/C29H41ClO18/c1-13(31)39-11-20-22(41-15(3)33)24(42-16(4)34)27(45-19(7)37)29(47-20)48-23-21(12-40-14(2)32)46-28(38-10-8-9-30)26(44-18(6)36)25(23)43-17(5)35/h20-29H,8-12H2,1-7H3/t20?,21-,22+,23+,24-,25?,26?,27?,28+,29-/m0/s1. The summed E-state index contributed by atoms with van der Waals surface area (Å²) in [5.41, 5.74) is 0. The Morgan fingerprint density at radius 3 is 1.31 bits per heavy atom. The molecule has 0 aliphatic carbocycles. The molecule has 19 heteroatoms. The molecule has 0 aromatic rings. The lowest BCUT2D eigenvalue weighted by atomic mass is 9.96. The molecule has 0 saturated carbocycles. The Hall–Kier alpha value is -3.58. The topological polar surface area (TPSA) is 221 Å². The quantitative estimate of drug-likeness (QED) is 0.0961. The average Bonchev–Trinajstić information content (AvgIpc) is 2.95. The van der Waals surface area contributed by atoms with Crippen LogP contribution in [0.3, 0.4) is 0 Å². The van der Waals surface area contributed by atoms with Gasteiger partial charge in [-0.05, 0) is 6.42 Å². The maximum absolute atomic E-state index is 12.4. The molecule has 2 aliphatic rings. The summed E-state index contributed by atoms with van der Waals surface area (Å²) in [4.78, 5) is 84.8. The molecule has 272 valence electrons. The number of carbonyl (C=O) groups excluding carboxylic acids is 7. The molecule has 2 aliphatic heterocycles. The third kappa shape index (κ3) is 12.8. The zero-order chi connectivity index (χ0) is 36.1. The summed E-state index contributed by atoms with van der Waals surface area (Å²) < 4.78 is 61.6. The van der Waals surface area contributed by atoms with Crippen molar-refractivity contribution in [3.8, 4) is 0 Å². The fourth-order valence-corrected chi connectivity index (χ4v) is 4.97. The molecule has 0 spiro atoms. The Kier molecular flexibility index (Phi) is 16.4. The van der Waals surface area contributed by atoms with E-state index in [4.69, 9.17) is 63.7 Å². The van der Waals surface area contributed by atoms with Crippen LogP contribution in [0.5, 0.6) is 0 Å². The first kappa shape index (κ1) is 40.6. The summed E-state index contributed by atoms with van der Waals surface area (Å²) in [7, 11) is 0. The van der Waals surface area contributed by atoms with Gasteiger partial charge in [-0.15, -0.1) is 11.6 Å². The van der Waals surface area contributed by atoms with E-state index in [0.29, 0.717) is 6.42 Å². The fourth-order valence-electron chi connectivity index (χ4n) is 4.86. The van der Waals surface area contributed by atoms with Crippen LogP contribution in [0.25, 0.3) is 0 Å². The lowest BCUT2D eigenvalue weighted by molar-refractivity contribution is -0.361. The highest BCUT2D eigenvalue weighted by Crippen LogP contribution is 2.35. The zero-order valence-corrected chi connectivity index (χ0v) is 28.3. The highest BCUT2D eigenvalue weighted by Gasteiger charge is 2.57. The van der Waals surface area contributed by atoms with Crippen LogP contribution in [0.1, 0.15) is 54.9 Å². The summed E-state index contributed by atoms with van der Waals surface area (Å²) in [5, 5.41) is 0. The minimum Gasteiger partial charge on any atom is -0.463 e. The number of esters is 7. The van der Waals surface area contributed by atoms with Gasteiger partial charge in [0, 0.05) is 54.3 Å². The Morgan fingerprint density at radius 1 is 0.500 bits per heavy atom. The van der Waals surface area contributed by atoms with Gasteiger partial charge in [-0.3, -0.25) is 33.6 Å². The third-order valence-corrected chi connectivity index (χ3v) is 6.71. The van der Waals surface area contributed by atoms with Gasteiger partial charge >= 0.3 is 41.8 Å². The predicted molar refractivity (Wildman–Crippen MR) is 155 cm³/mol. The smallest absolute Gasteiger partial charge is 0.303 e. The molecule has 0 N–H and O–H groups in total. The van der Waals surface area contributed by atoms with E-state index in [1.54, 1.807) is 0 Å². The van der Waals surface area contributed by atoms with Gasteiger partial charge in [-0.1, -0.05) is 0 Å². The van der Waals surface area contributed by atoms with Crippen molar-refractivity contribution in [3.05, 3.63) is 0 Å². The van der Waals surface area contributed by atoms with Crippen LogP contribution in [0.2, 0.25) is 0 Å². The number of carbonyl (C=O) groups is 7. The van der Waals surface area contributed by atoms with Crippen molar-refractivity contribution in [3.63, 3.8) is 0 Å². The van der Waals surface area contributed by atoms with Crippen molar-refractivity contribution in [2.45, 2.75) is 116 Å². The number of halogens is 1. The second kappa shape index (κ2) is 19.4. The van der Waals surface area contributed by atoms with Crippen LogP contribution in [0.4, 0.5) is 0 Å². The van der Waals surface area contributed by atoms with Gasteiger partial charge in [0.2, 0.25) is 0 Å². The molecule has 0 amide bonds. The number of alkyl halides is 1. The van der Waals surface area contributed by atoms with Gasteiger partial charge in [-0.2, -0.15) is 0 Å². The van der Waals surface area contributed by atoms with E-state index in [0.717, 1.165) is 48.5 Å². The fraction of sp³-hybridized carbons (Fsp3) is 0.759. The molecule has 0 aromatic carbocycles. The lowest BCUT2D eigenvalue weighted by Crippen LogP contribution is -2.67. The third-order valence-electron chi connectivity index (χ3n) is 6.45. The SMILES string of the molecule is CC(=O)OCC1O[C@@H](O[C@H]2C(OC(C)=O)C(OC(C)=O)[C@H](OCCCCl)O[C@H]2COC(C)=O)C(OC(C)=O)[C@@H](OC(C)=O)[C@@H]1OC(C)=O. The van der Waals surface area contributed by atoms with E-state index in [2.05, 4.69) is 0 Å². The Balaban J connectivity index is 2.71. The maximum Gasteiger partial charge on any atom is 0.303 e. The monoisotopic (exact) mass is 712 g/mol. The number of rotatable bonds is 15. The highest BCUT2D eigenvalue weighted by atomic mass is 35.5. The summed E-state index contributed by atoms with van der Waals surface area (Å²) in [5.74, 6) is -5.59. The van der Waals surface area contributed by atoms with Gasteiger partial charge in [0.15, 0.2) is 43.1 Å². The van der Waals surface area contributed by atoms with Crippen molar-refractivity contribution >= 4 is 53.4 Å². The molecule has 0 bridgehead atoms. The zero-order valence-electron chi connectivity index (χ0n) is 27.5. The van der Waals surface area contributed by atoms with E-state index in [9.17, 15) is 33.6 Å². The Bertz CT molecular complexity index is 1160. The first-order valence-corrected chi connectivity index (χ1v) is 15.3. The molecule has 2 heterocycles. The van der Waals surface area contributed by atoms with Crippen LogP contribution in [-0.2, 0) is 85.7 Å². The molecule has 10 atom stereocenters. The van der Waals surface area contributed by atoms with Gasteiger partial charge < -0.3 is 52.1 Å². The highest BCUT2D eigenvalue weighted by molar-refractivity contribution is 6.17. The van der Waals surface area contributed by atoms with Crippen molar-refractivity contribution in [1.29, 1.82) is 0 Å². The number of hydrogen-bond acceptors (Lipinski definition) is 18. The summed E-state index contributed by atoms with van der Waals surface area (Å²) in [6.45, 7) is 6.44. The van der Waals surface area contributed by atoms with Crippen LogP contribution < -0.4 is 0 Å². The molecule has 0 aromatic heterocycles. The Labute approximate surface area is 281 Å². The molecule has 2 rings (SSSR count). The van der Waals surface area contributed by atoms with Crippen molar-refractivity contribution in [2.75, 3.05) is 25.7 Å². The normalized spacial score (nSPS) is 29.8. The Morgan fingerprint density at radius 2 is 0.875 bits per heavy atom. The molecule has 18 nitrogen and oxygen atoms in total. The molecular formula is C29H41ClO18. The van der Waals surface area contributed by atoms with E-state index in [-0.39, 0.29) is 12.5 Å². The van der Waals surface area contributed by atoms with Crippen LogP contribution >= 0.6 is 11.6 Å². The molecule has 4 unspecified atom stereocenters. The van der Waals surface area contributed by atoms with Crippen LogP contribution in [0, 0.1) is 0 Å². The second-order valence-electron chi connectivity index (χ2n) is 10.6.